The summed E-state index contributed by atoms with van der Waals surface area (Å²) in [5, 5.41) is 3.37. The lowest BCUT2D eigenvalue weighted by molar-refractivity contribution is 0.204. The van der Waals surface area contributed by atoms with Crippen molar-refractivity contribution in [2.24, 2.45) is 0 Å². The predicted octanol–water partition coefficient (Wildman–Crippen LogP) is 0.408. The standard InChI is InChI=1S/C9H20N2O2S/c1-9(2)7-8(5-6-10-9)11(3)14(4,12)13/h8,10H,5-7H2,1-4H3. The van der Waals surface area contributed by atoms with Gasteiger partial charge in [0.05, 0.1) is 6.26 Å². The Balaban J connectivity index is 2.70. The average Bonchev–Trinajstić information content (AvgIpc) is 1.99. The first-order valence-corrected chi connectivity index (χ1v) is 6.75. The second-order valence-electron chi connectivity index (χ2n) is 4.74. The van der Waals surface area contributed by atoms with Crippen LogP contribution in [0.5, 0.6) is 0 Å². The summed E-state index contributed by atoms with van der Waals surface area (Å²) < 4.78 is 24.2. The highest BCUT2D eigenvalue weighted by Crippen LogP contribution is 2.23. The first-order chi connectivity index (χ1) is 6.22. The maximum Gasteiger partial charge on any atom is 0.211 e. The van der Waals surface area contributed by atoms with E-state index >= 15 is 0 Å². The number of piperidine rings is 1. The van der Waals surface area contributed by atoms with E-state index in [1.54, 1.807) is 7.05 Å². The normalized spacial score (nSPS) is 27.9. The highest BCUT2D eigenvalue weighted by Gasteiger charge is 2.32. The van der Waals surface area contributed by atoms with Crippen molar-refractivity contribution in [1.82, 2.24) is 9.62 Å². The quantitative estimate of drug-likeness (QED) is 0.733. The van der Waals surface area contributed by atoms with Crippen LogP contribution in [0.1, 0.15) is 26.7 Å². The topological polar surface area (TPSA) is 49.4 Å². The number of nitrogens with one attached hydrogen (secondary N) is 1. The number of sulfonamides is 1. The summed E-state index contributed by atoms with van der Waals surface area (Å²) in [5.74, 6) is 0. The van der Waals surface area contributed by atoms with Gasteiger partial charge in [0.15, 0.2) is 0 Å². The van der Waals surface area contributed by atoms with Crippen molar-refractivity contribution < 1.29 is 8.42 Å². The zero-order valence-corrected chi connectivity index (χ0v) is 10.2. The van der Waals surface area contributed by atoms with Crippen LogP contribution in [0.15, 0.2) is 0 Å². The van der Waals surface area contributed by atoms with Gasteiger partial charge in [-0.2, -0.15) is 0 Å². The van der Waals surface area contributed by atoms with Gasteiger partial charge in [0.25, 0.3) is 0 Å². The molecule has 0 aliphatic carbocycles. The molecule has 1 fully saturated rings. The smallest absolute Gasteiger partial charge is 0.211 e. The van der Waals surface area contributed by atoms with Gasteiger partial charge in [-0.05, 0) is 33.2 Å². The zero-order chi connectivity index (χ0) is 11.0. The van der Waals surface area contributed by atoms with E-state index in [-0.39, 0.29) is 11.6 Å². The van der Waals surface area contributed by atoms with Crippen molar-refractivity contribution in [2.75, 3.05) is 19.8 Å². The van der Waals surface area contributed by atoms with Crippen LogP contribution >= 0.6 is 0 Å². The molecular weight excluding hydrogens is 200 g/mol. The van der Waals surface area contributed by atoms with Crippen molar-refractivity contribution in [3.8, 4) is 0 Å². The monoisotopic (exact) mass is 220 g/mol. The van der Waals surface area contributed by atoms with Gasteiger partial charge in [-0.15, -0.1) is 0 Å². The van der Waals surface area contributed by atoms with E-state index in [2.05, 4.69) is 19.2 Å². The van der Waals surface area contributed by atoms with Gasteiger partial charge in [-0.3, -0.25) is 0 Å². The SMILES string of the molecule is CN(C1CCNC(C)(C)C1)S(C)(=O)=O. The van der Waals surface area contributed by atoms with E-state index in [0.717, 1.165) is 19.4 Å². The molecule has 1 saturated heterocycles. The maximum atomic E-state index is 11.3. The summed E-state index contributed by atoms with van der Waals surface area (Å²) in [5.41, 5.74) is 0.0435. The van der Waals surface area contributed by atoms with Crippen LogP contribution in [-0.2, 0) is 10.0 Å². The van der Waals surface area contributed by atoms with Crippen molar-refractivity contribution in [3.63, 3.8) is 0 Å². The maximum absolute atomic E-state index is 11.3. The number of hydrogen-bond donors (Lipinski definition) is 1. The zero-order valence-electron chi connectivity index (χ0n) is 9.37. The van der Waals surface area contributed by atoms with Crippen molar-refractivity contribution in [3.05, 3.63) is 0 Å². The molecule has 84 valence electrons. The van der Waals surface area contributed by atoms with Crippen molar-refractivity contribution in [2.45, 2.75) is 38.3 Å². The molecule has 5 heteroatoms. The van der Waals surface area contributed by atoms with E-state index < -0.39 is 10.0 Å². The molecule has 1 unspecified atom stereocenters. The molecule has 4 nitrogen and oxygen atoms in total. The van der Waals surface area contributed by atoms with E-state index in [0.29, 0.717) is 0 Å². The summed E-state index contributed by atoms with van der Waals surface area (Å²) in [6.45, 7) is 5.10. The van der Waals surface area contributed by atoms with Crippen LogP contribution in [0.4, 0.5) is 0 Å². The number of nitrogens with zero attached hydrogens (tertiary/aromatic N) is 1. The summed E-state index contributed by atoms with van der Waals surface area (Å²) in [7, 11) is -1.38. The molecule has 1 heterocycles. The average molecular weight is 220 g/mol. The van der Waals surface area contributed by atoms with E-state index in [9.17, 15) is 8.42 Å². The molecule has 0 spiro atoms. The van der Waals surface area contributed by atoms with Crippen LogP contribution in [0.3, 0.4) is 0 Å². The van der Waals surface area contributed by atoms with E-state index in [1.807, 2.05) is 0 Å². The Hall–Kier alpha value is -0.130. The Morgan fingerprint density at radius 3 is 2.43 bits per heavy atom. The lowest BCUT2D eigenvalue weighted by Crippen LogP contribution is -2.53. The van der Waals surface area contributed by atoms with Crippen LogP contribution in [-0.4, -0.2) is 44.2 Å². The van der Waals surface area contributed by atoms with Gasteiger partial charge in [-0.25, -0.2) is 12.7 Å². The summed E-state index contributed by atoms with van der Waals surface area (Å²) >= 11 is 0. The van der Waals surface area contributed by atoms with Gasteiger partial charge >= 0.3 is 0 Å². The summed E-state index contributed by atoms with van der Waals surface area (Å²) in [4.78, 5) is 0. The molecular formula is C9H20N2O2S. The number of rotatable bonds is 2. The van der Waals surface area contributed by atoms with Crippen LogP contribution in [0, 0.1) is 0 Å². The largest absolute Gasteiger partial charge is 0.312 e. The van der Waals surface area contributed by atoms with E-state index in [4.69, 9.17) is 0 Å². The Morgan fingerprint density at radius 1 is 1.43 bits per heavy atom. The third kappa shape index (κ3) is 2.93. The molecule has 14 heavy (non-hydrogen) atoms. The molecule has 0 radical (unpaired) electrons. The predicted molar refractivity (Wildman–Crippen MR) is 57.7 cm³/mol. The highest BCUT2D eigenvalue weighted by atomic mass is 32.2. The fourth-order valence-corrected chi connectivity index (χ4v) is 2.64. The van der Waals surface area contributed by atoms with Gasteiger partial charge < -0.3 is 5.32 Å². The molecule has 0 aromatic heterocycles. The lowest BCUT2D eigenvalue weighted by atomic mass is 9.89. The van der Waals surface area contributed by atoms with Gasteiger partial charge in [0.1, 0.15) is 0 Å². The fourth-order valence-electron chi connectivity index (χ4n) is 1.92. The molecule has 1 aliphatic rings. The third-order valence-corrected chi connectivity index (χ3v) is 4.21. The summed E-state index contributed by atoms with van der Waals surface area (Å²) in [6, 6.07) is 0.140. The Bertz CT molecular complexity index is 298. The van der Waals surface area contributed by atoms with Crippen molar-refractivity contribution >= 4 is 10.0 Å². The Morgan fingerprint density at radius 2 is 2.00 bits per heavy atom. The highest BCUT2D eigenvalue weighted by molar-refractivity contribution is 7.88. The minimum atomic E-state index is -3.05. The van der Waals surface area contributed by atoms with Crippen LogP contribution in [0.25, 0.3) is 0 Å². The van der Waals surface area contributed by atoms with Crippen LogP contribution in [0.2, 0.25) is 0 Å². The van der Waals surface area contributed by atoms with Gasteiger partial charge in [-0.1, -0.05) is 0 Å². The molecule has 1 atom stereocenters. The Kier molecular flexibility index (Phi) is 3.23. The lowest BCUT2D eigenvalue weighted by Gasteiger charge is -2.39. The molecule has 0 aromatic carbocycles. The minimum Gasteiger partial charge on any atom is -0.312 e. The fraction of sp³-hybridized carbons (Fsp3) is 1.00. The molecule has 1 aliphatic heterocycles. The number of hydrogen-bond acceptors (Lipinski definition) is 3. The first-order valence-electron chi connectivity index (χ1n) is 4.90. The third-order valence-electron chi connectivity index (χ3n) is 2.86. The molecule has 1 rings (SSSR count). The molecule has 0 amide bonds. The second-order valence-corrected chi connectivity index (χ2v) is 6.78. The molecule has 0 bridgehead atoms. The molecule has 1 N–H and O–H groups in total. The Labute approximate surface area is 86.7 Å². The molecule has 0 aromatic rings. The first kappa shape index (κ1) is 11.9. The van der Waals surface area contributed by atoms with Crippen molar-refractivity contribution in [1.29, 1.82) is 0 Å². The molecule has 0 saturated carbocycles. The van der Waals surface area contributed by atoms with Gasteiger partial charge in [0.2, 0.25) is 10.0 Å². The minimum absolute atomic E-state index is 0.0435. The summed E-state index contributed by atoms with van der Waals surface area (Å²) in [6.07, 6.45) is 3.03. The van der Waals surface area contributed by atoms with Gasteiger partial charge in [0, 0.05) is 18.6 Å². The van der Waals surface area contributed by atoms with E-state index in [1.165, 1.54) is 10.6 Å². The van der Waals surface area contributed by atoms with Crippen LogP contribution < -0.4 is 5.32 Å². The second kappa shape index (κ2) is 3.79.